The molecule has 1 aliphatic rings. The minimum atomic E-state index is -3.95. The highest BCUT2D eigenvalue weighted by atomic mass is 32.2. The molecule has 0 fully saturated rings. The molecule has 1 aliphatic heterocycles. The molecule has 0 unspecified atom stereocenters. The van der Waals surface area contributed by atoms with Crippen LogP contribution in [0.1, 0.15) is 18.5 Å². The highest BCUT2D eigenvalue weighted by Gasteiger charge is 2.36. The van der Waals surface area contributed by atoms with E-state index in [2.05, 4.69) is 5.32 Å². The van der Waals surface area contributed by atoms with Crippen molar-refractivity contribution in [1.82, 2.24) is 5.32 Å². The number of nitrogens with zero attached hydrogens (tertiary/aromatic N) is 1. The molecule has 1 atom stereocenters. The number of anilines is 1. The normalized spacial score (nSPS) is 15.2. The molecule has 0 aromatic heterocycles. The summed E-state index contributed by atoms with van der Waals surface area (Å²) in [6.07, 6.45) is 0. The van der Waals surface area contributed by atoms with Gasteiger partial charge in [0.2, 0.25) is 5.91 Å². The Morgan fingerprint density at radius 2 is 1.69 bits per heavy atom. The number of amides is 1. The number of benzene rings is 3. The summed E-state index contributed by atoms with van der Waals surface area (Å²) in [6.45, 7) is 1.43. The van der Waals surface area contributed by atoms with Crippen LogP contribution in [0.25, 0.3) is 11.1 Å². The van der Waals surface area contributed by atoms with Crippen molar-refractivity contribution in [3.05, 3.63) is 84.2 Å². The predicted molar refractivity (Wildman–Crippen MR) is 109 cm³/mol. The number of carbonyl (C=O) groups excluding carboxylic acids is 1. The molecule has 0 radical (unpaired) electrons. The highest BCUT2D eigenvalue weighted by molar-refractivity contribution is 7.93. The third-order valence-corrected chi connectivity index (χ3v) is 6.75. The molecule has 3 aromatic rings. The number of fused-ring (bicyclic) bond motifs is 3. The van der Waals surface area contributed by atoms with E-state index in [0.717, 1.165) is 9.87 Å². The van der Waals surface area contributed by atoms with Crippen LogP contribution in [0.5, 0.6) is 0 Å². The standard InChI is InChI=1S/C22H19FN2O3S/c1-15(16-7-3-2-4-8-16)24-22(26)14-25-20-12-11-17(23)13-19(20)18-9-5-6-10-21(18)29(25,27)28/h2-13,15H,14H2,1H3,(H,24,26)/t15-/m1/s1. The average Bonchev–Trinajstić information content (AvgIpc) is 2.72. The number of carbonyl (C=O) groups is 1. The van der Waals surface area contributed by atoms with Gasteiger partial charge >= 0.3 is 0 Å². The largest absolute Gasteiger partial charge is 0.348 e. The van der Waals surface area contributed by atoms with Gasteiger partial charge in [0.05, 0.1) is 16.6 Å². The lowest BCUT2D eigenvalue weighted by Gasteiger charge is -2.32. The van der Waals surface area contributed by atoms with E-state index in [4.69, 9.17) is 0 Å². The van der Waals surface area contributed by atoms with Crippen LogP contribution in [-0.2, 0) is 14.8 Å². The maximum atomic E-state index is 13.9. The Morgan fingerprint density at radius 3 is 2.45 bits per heavy atom. The molecule has 0 saturated carbocycles. The van der Waals surface area contributed by atoms with Gasteiger partial charge in [-0.25, -0.2) is 12.8 Å². The number of rotatable bonds is 4. The topological polar surface area (TPSA) is 66.5 Å². The smallest absolute Gasteiger partial charge is 0.265 e. The van der Waals surface area contributed by atoms with Crippen LogP contribution in [0.3, 0.4) is 0 Å². The lowest BCUT2D eigenvalue weighted by atomic mass is 10.0. The van der Waals surface area contributed by atoms with Crippen LogP contribution in [0.15, 0.2) is 77.7 Å². The van der Waals surface area contributed by atoms with Crippen molar-refractivity contribution >= 4 is 21.6 Å². The van der Waals surface area contributed by atoms with Crippen LogP contribution >= 0.6 is 0 Å². The summed E-state index contributed by atoms with van der Waals surface area (Å²) in [5.74, 6) is -0.917. The van der Waals surface area contributed by atoms with E-state index in [1.165, 1.54) is 24.3 Å². The van der Waals surface area contributed by atoms with Gasteiger partial charge in [0.25, 0.3) is 10.0 Å². The highest BCUT2D eigenvalue weighted by Crippen LogP contribution is 2.43. The maximum Gasteiger partial charge on any atom is 0.265 e. The van der Waals surface area contributed by atoms with Crippen molar-refractivity contribution in [3.63, 3.8) is 0 Å². The third kappa shape index (κ3) is 3.49. The first-order valence-electron chi connectivity index (χ1n) is 9.14. The fourth-order valence-corrected chi connectivity index (χ4v) is 5.17. The summed E-state index contributed by atoms with van der Waals surface area (Å²) >= 11 is 0. The number of hydrogen-bond acceptors (Lipinski definition) is 3. The first-order chi connectivity index (χ1) is 13.9. The average molecular weight is 410 g/mol. The van der Waals surface area contributed by atoms with E-state index in [9.17, 15) is 17.6 Å². The summed E-state index contributed by atoms with van der Waals surface area (Å²) in [5, 5.41) is 2.83. The molecule has 4 rings (SSSR count). The summed E-state index contributed by atoms with van der Waals surface area (Å²) < 4.78 is 41.3. The van der Waals surface area contributed by atoms with E-state index in [1.54, 1.807) is 18.2 Å². The zero-order valence-corrected chi connectivity index (χ0v) is 16.5. The predicted octanol–water partition coefficient (Wildman–Crippen LogP) is 3.88. The second kappa shape index (κ2) is 7.33. The first-order valence-corrected chi connectivity index (χ1v) is 10.6. The Morgan fingerprint density at radius 1 is 1.00 bits per heavy atom. The van der Waals surface area contributed by atoms with E-state index in [0.29, 0.717) is 11.1 Å². The van der Waals surface area contributed by atoms with Crippen LogP contribution in [0.2, 0.25) is 0 Å². The van der Waals surface area contributed by atoms with Gasteiger partial charge < -0.3 is 5.32 Å². The number of halogens is 1. The fraction of sp³-hybridized carbons (Fsp3) is 0.136. The van der Waals surface area contributed by atoms with Gasteiger partial charge in [0, 0.05) is 11.1 Å². The Hall–Kier alpha value is -3.19. The lowest BCUT2D eigenvalue weighted by molar-refractivity contribution is -0.120. The quantitative estimate of drug-likeness (QED) is 0.710. The molecule has 3 aromatic carbocycles. The van der Waals surface area contributed by atoms with Gasteiger partial charge in [-0.15, -0.1) is 0 Å². The van der Waals surface area contributed by atoms with Crippen LogP contribution < -0.4 is 9.62 Å². The Balaban J connectivity index is 1.68. The van der Waals surface area contributed by atoms with E-state index in [-0.39, 0.29) is 16.6 Å². The zero-order chi connectivity index (χ0) is 20.6. The second-order valence-electron chi connectivity index (χ2n) is 6.87. The first kappa shape index (κ1) is 19.1. The minimum Gasteiger partial charge on any atom is -0.348 e. The van der Waals surface area contributed by atoms with Gasteiger partial charge in [-0.3, -0.25) is 9.10 Å². The van der Waals surface area contributed by atoms with Gasteiger partial charge in [0.1, 0.15) is 12.4 Å². The summed E-state index contributed by atoms with van der Waals surface area (Å²) in [6, 6.07) is 19.4. The molecule has 29 heavy (non-hydrogen) atoms. The van der Waals surface area contributed by atoms with Crippen LogP contribution in [0, 0.1) is 5.82 Å². The molecular formula is C22H19FN2O3S. The molecule has 0 bridgehead atoms. The number of nitrogens with one attached hydrogen (secondary N) is 1. The summed E-state index contributed by atoms with van der Waals surface area (Å²) in [4.78, 5) is 12.7. The van der Waals surface area contributed by atoms with E-state index in [1.807, 2.05) is 37.3 Å². The fourth-order valence-electron chi connectivity index (χ4n) is 3.52. The zero-order valence-electron chi connectivity index (χ0n) is 15.7. The molecular weight excluding hydrogens is 391 g/mol. The SMILES string of the molecule is C[C@@H](NC(=O)CN1c2ccc(F)cc2-c2ccccc2S1(=O)=O)c1ccccc1. The molecule has 0 aliphatic carbocycles. The van der Waals surface area contributed by atoms with Crippen molar-refractivity contribution in [3.8, 4) is 11.1 Å². The summed E-state index contributed by atoms with van der Waals surface area (Å²) in [5.41, 5.74) is 2.07. The van der Waals surface area contributed by atoms with Crippen molar-refractivity contribution in [2.75, 3.05) is 10.8 Å². The molecule has 1 heterocycles. The molecule has 7 heteroatoms. The van der Waals surface area contributed by atoms with Gasteiger partial charge in [0.15, 0.2) is 0 Å². The van der Waals surface area contributed by atoms with E-state index < -0.39 is 28.3 Å². The molecule has 0 spiro atoms. The second-order valence-corrected chi connectivity index (χ2v) is 8.70. The molecule has 148 valence electrons. The van der Waals surface area contributed by atoms with Crippen molar-refractivity contribution in [2.24, 2.45) is 0 Å². The van der Waals surface area contributed by atoms with Crippen molar-refractivity contribution < 1.29 is 17.6 Å². The maximum absolute atomic E-state index is 13.9. The van der Waals surface area contributed by atoms with Crippen molar-refractivity contribution in [2.45, 2.75) is 17.9 Å². The third-order valence-electron chi connectivity index (χ3n) is 4.94. The monoisotopic (exact) mass is 410 g/mol. The van der Waals surface area contributed by atoms with Gasteiger partial charge in [-0.05, 0) is 36.8 Å². The van der Waals surface area contributed by atoms with Crippen LogP contribution in [-0.4, -0.2) is 20.9 Å². The minimum absolute atomic E-state index is 0.0574. The molecule has 5 nitrogen and oxygen atoms in total. The Kier molecular flexibility index (Phi) is 4.84. The molecule has 0 saturated heterocycles. The summed E-state index contributed by atoms with van der Waals surface area (Å²) in [7, 11) is -3.95. The number of sulfonamides is 1. The molecule has 1 N–H and O–H groups in total. The molecule has 1 amide bonds. The number of hydrogen-bond donors (Lipinski definition) is 1. The van der Waals surface area contributed by atoms with E-state index >= 15 is 0 Å². The van der Waals surface area contributed by atoms with Gasteiger partial charge in [-0.2, -0.15) is 0 Å². The van der Waals surface area contributed by atoms with Crippen molar-refractivity contribution in [1.29, 1.82) is 0 Å². The lowest BCUT2D eigenvalue weighted by Crippen LogP contribution is -2.43. The Labute approximate surface area is 168 Å². The Bertz CT molecular complexity index is 1180. The van der Waals surface area contributed by atoms with Crippen LogP contribution in [0.4, 0.5) is 10.1 Å². The van der Waals surface area contributed by atoms with Gasteiger partial charge in [-0.1, -0.05) is 48.5 Å².